The quantitative estimate of drug-likeness (QED) is 0.346. The summed E-state index contributed by atoms with van der Waals surface area (Å²) in [4.78, 5) is 19.5. The second-order valence-corrected chi connectivity index (χ2v) is 11.8. The molecule has 37 heavy (non-hydrogen) atoms. The number of hydrogen-bond acceptors (Lipinski definition) is 8. The van der Waals surface area contributed by atoms with E-state index in [4.69, 9.17) is 0 Å². The summed E-state index contributed by atoms with van der Waals surface area (Å²) in [7, 11) is -3.98. The molecule has 13 heteroatoms. The van der Waals surface area contributed by atoms with Crippen molar-refractivity contribution in [2.75, 3.05) is 13.1 Å². The molecule has 0 amide bonds. The Morgan fingerprint density at radius 2 is 2.00 bits per heavy atom. The van der Waals surface area contributed by atoms with E-state index in [-0.39, 0.29) is 36.1 Å². The molecule has 3 aromatic heterocycles. The number of sulfonamides is 1. The molecular formula is C24H22FN7O3S2. The van der Waals surface area contributed by atoms with Crippen LogP contribution in [0.3, 0.4) is 0 Å². The van der Waals surface area contributed by atoms with Crippen LogP contribution in [0.2, 0.25) is 0 Å². The SMILES string of the molecule is CCn1ncc(S(=O)(=O)N2CCC3=Cc4c(cnn4-c4ccc(F)cc4)C[C@]3(C(=O)c3nccs3)C2)n1. The summed E-state index contributed by atoms with van der Waals surface area (Å²) in [6.07, 6.45) is 7.04. The number of aryl methyl sites for hydroxylation is 1. The molecule has 0 saturated carbocycles. The number of benzene rings is 1. The zero-order chi connectivity index (χ0) is 25.8. The van der Waals surface area contributed by atoms with Gasteiger partial charge in [-0.15, -0.1) is 16.4 Å². The Labute approximate surface area is 216 Å². The highest BCUT2D eigenvalue weighted by Crippen LogP contribution is 2.47. The molecule has 1 aliphatic carbocycles. The van der Waals surface area contributed by atoms with Gasteiger partial charge in [0.2, 0.25) is 10.8 Å². The lowest BCUT2D eigenvalue weighted by Gasteiger charge is -2.44. The van der Waals surface area contributed by atoms with Gasteiger partial charge < -0.3 is 0 Å². The minimum atomic E-state index is -3.98. The molecule has 6 rings (SSSR count). The van der Waals surface area contributed by atoms with Gasteiger partial charge in [0, 0.05) is 24.7 Å². The lowest BCUT2D eigenvalue weighted by atomic mass is 9.66. The number of thiazole rings is 1. The Hall–Kier alpha value is -3.55. The summed E-state index contributed by atoms with van der Waals surface area (Å²) in [6.45, 7) is 2.41. The first-order valence-electron chi connectivity index (χ1n) is 11.7. The van der Waals surface area contributed by atoms with E-state index < -0.39 is 15.4 Å². The second-order valence-electron chi connectivity index (χ2n) is 9.00. The van der Waals surface area contributed by atoms with Crippen LogP contribution in [-0.4, -0.2) is 61.4 Å². The highest BCUT2D eigenvalue weighted by Gasteiger charge is 2.52. The van der Waals surface area contributed by atoms with E-state index in [1.165, 1.54) is 38.8 Å². The number of Topliss-reactive ketones (excluding diaryl/α,β-unsaturated/α-hetero) is 1. The number of halogens is 1. The Morgan fingerprint density at radius 3 is 2.70 bits per heavy atom. The van der Waals surface area contributed by atoms with Crippen molar-refractivity contribution in [1.82, 2.24) is 34.1 Å². The number of carbonyl (C=O) groups excluding carboxylic acids is 1. The highest BCUT2D eigenvalue weighted by molar-refractivity contribution is 7.89. The number of aromatic nitrogens is 6. The van der Waals surface area contributed by atoms with Gasteiger partial charge in [0.05, 0.1) is 35.7 Å². The van der Waals surface area contributed by atoms with Crippen LogP contribution >= 0.6 is 11.3 Å². The van der Waals surface area contributed by atoms with Gasteiger partial charge in [-0.25, -0.2) is 22.5 Å². The summed E-state index contributed by atoms with van der Waals surface area (Å²) in [5.41, 5.74) is 1.98. The van der Waals surface area contributed by atoms with Crippen LogP contribution in [0.4, 0.5) is 4.39 Å². The third-order valence-corrected chi connectivity index (χ3v) is 9.39. The largest absolute Gasteiger partial charge is 0.290 e. The highest BCUT2D eigenvalue weighted by atomic mass is 32.2. The summed E-state index contributed by atoms with van der Waals surface area (Å²) >= 11 is 1.23. The minimum absolute atomic E-state index is 0.0419. The Morgan fingerprint density at radius 1 is 1.19 bits per heavy atom. The zero-order valence-corrected chi connectivity index (χ0v) is 21.4. The maximum atomic E-state index is 14.0. The topological polar surface area (TPSA) is 116 Å². The first kappa shape index (κ1) is 23.8. The molecule has 0 spiro atoms. The standard InChI is InChI=1S/C24H22FN7O3S2/c1-2-31-27-14-21(29-31)37(34,35)30-9-7-17-11-20-16(13-28-32(20)19-5-3-18(25)4-6-19)12-24(17,15-30)22(33)23-26-8-10-36-23/h3-6,8,10-11,13-14H,2,7,9,12,15H2,1H3/t24-/m0/s1. The van der Waals surface area contributed by atoms with E-state index in [1.807, 2.05) is 13.0 Å². The molecule has 1 fully saturated rings. The van der Waals surface area contributed by atoms with Crippen molar-refractivity contribution in [3.8, 4) is 5.69 Å². The zero-order valence-electron chi connectivity index (χ0n) is 19.8. The van der Waals surface area contributed by atoms with Crippen LogP contribution in [0, 0.1) is 11.2 Å². The van der Waals surface area contributed by atoms with Crippen molar-refractivity contribution < 1.29 is 17.6 Å². The van der Waals surface area contributed by atoms with Crippen LogP contribution in [-0.2, 0) is 23.0 Å². The lowest BCUT2D eigenvalue weighted by Crippen LogP contribution is -2.53. The van der Waals surface area contributed by atoms with Crippen molar-refractivity contribution in [1.29, 1.82) is 0 Å². The van der Waals surface area contributed by atoms with E-state index in [2.05, 4.69) is 20.3 Å². The number of carbonyl (C=O) groups is 1. The predicted molar refractivity (Wildman–Crippen MR) is 133 cm³/mol. The fraction of sp³-hybridized carbons (Fsp3) is 0.292. The average molecular weight is 540 g/mol. The fourth-order valence-corrected chi connectivity index (χ4v) is 7.07. The van der Waals surface area contributed by atoms with Gasteiger partial charge in [0.15, 0.2) is 5.01 Å². The van der Waals surface area contributed by atoms with Crippen molar-refractivity contribution in [2.45, 2.75) is 31.3 Å². The Balaban J connectivity index is 1.43. The molecule has 1 aromatic carbocycles. The molecule has 0 bridgehead atoms. The van der Waals surface area contributed by atoms with Crippen LogP contribution in [0.1, 0.15) is 34.4 Å². The molecule has 0 unspecified atom stereocenters. The molecule has 1 saturated heterocycles. The van der Waals surface area contributed by atoms with Gasteiger partial charge in [-0.05, 0) is 55.7 Å². The summed E-state index contributed by atoms with van der Waals surface area (Å²) in [5.74, 6) is -0.560. The number of fused-ring (bicyclic) bond motifs is 2. The molecule has 10 nitrogen and oxygen atoms in total. The molecule has 4 heterocycles. The third kappa shape index (κ3) is 3.85. The van der Waals surface area contributed by atoms with Gasteiger partial charge >= 0.3 is 0 Å². The summed E-state index contributed by atoms with van der Waals surface area (Å²) in [6, 6.07) is 6.02. The number of ketones is 1. The van der Waals surface area contributed by atoms with E-state index in [1.54, 1.807) is 34.6 Å². The number of rotatable bonds is 6. The van der Waals surface area contributed by atoms with E-state index in [0.29, 0.717) is 23.7 Å². The lowest BCUT2D eigenvalue weighted by molar-refractivity contribution is 0.0775. The third-order valence-electron chi connectivity index (χ3n) is 6.92. The van der Waals surface area contributed by atoms with Crippen LogP contribution < -0.4 is 0 Å². The molecule has 0 N–H and O–H groups in total. The van der Waals surface area contributed by atoms with E-state index in [9.17, 15) is 17.6 Å². The molecule has 1 atom stereocenters. The first-order valence-corrected chi connectivity index (χ1v) is 14.0. The maximum Gasteiger partial charge on any atom is 0.264 e. The molecular weight excluding hydrogens is 517 g/mol. The smallest absolute Gasteiger partial charge is 0.264 e. The Bertz CT molecular complexity index is 1620. The van der Waals surface area contributed by atoms with Crippen LogP contribution in [0.15, 0.2) is 58.8 Å². The minimum Gasteiger partial charge on any atom is -0.290 e. The first-order chi connectivity index (χ1) is 17.8. The maximum absolute atomic E-state index is 14.0. The van der Waals surface area contributed by atoms with Crippen molar-refractivity contribution >= 4 is 33.2 Å². The molecule has 190 valence electrons. The second kappa shape index (κ2) is 8.78. The molecule has 0 radical (unpaired) electrons. The normalized spacial score (nSPS) is 19.8. The van der Waals surface area contributed by atoms with E-state index in [0.717, 1.165) is 16.8 Å². The molecule has 4 aromatic rings. The van der Waals surface area contributed by atoms with Crippen molar-refractivity contribution in [3.05, 3.63) is 75.9 Å². The number of piperidine rings is 1. The number of hydrogen-bond donors (Lipinski definition) is 0. The Kier molecular flexibility index (Phi) is 5.66. The van der Waals surface area contributed by atoms with Crippen molar-refractivity contribution in [2.24, 2.45) is 5.41 Å². The average Bonchev–Trinajstić information content (AvgIpc) is 3.68. The van der Waals surface area contributed by atoms with Gasteiger partial charge in [0.1, 0.15) is 5.82 Å². The number of nitrogens with zero attached hydrogens (tertiary/aromatic N) is 7. The van der Waals surface area contributed by atoms with Gasteiger partial charge in [-0.2, -0.15) is 19.3 Å². The predicted octanol–water partition coefficient (Wildman–Crippen LogP) is 2.98. The van der Waals surface area contributed by atoms with Crippen LogP contribution in [0.5, 0.6) is 0 Å². The fourth-order valence-electron chi connectivity index (χ4n) is 5.03. The van der Waals surface area contributed by atoms with Gasteiger partial charge in [-0.1, -0.05) is 5.57 Å². The monoisotopic (exact) mass is 539 g/mol. The molecule has 1 aliphatic heterocycles. The molecule has 2 aliphatic rings. The van der Waals surface area contributed by atoms with Crippen LogP contribution in [0.25, 0.3) is 11.8 Å². The van der Waals surface area contributed by atoms with Crippen molar-refractivity contribution in [3.63, 3.8) is 0 Å². The van der Waals surface area contributed by atoms with Gasteiger partial charge in [0.25, 0.3) is 10.0 Å². The van der Waals surface area contributed by atoms with Gasteiger partial charge in [-0.3, -0.25) is 4.79 Å². The summed E-state index contributed by atoms with van der Waals surface area (Å²) < 4.78 is 43.6. The van der Waals surface area contributed by atoms with E-state index >= 15 is 0 Å². The summed E-state index contributed by atoms with van der Waals surface area (Å²) in [5, 5.41) is 14.5.